The molecule has 0 atom stereocenters. The van der Waals surface area contributed by atoms with Crippen LogP contribution in [0.5, 0.6) is 0 Å². The largest absolute Gasteiger partial charge is 0.356 e. The van der Waals surface area contributed by atoms with E-state index in [4.69, 9.17) is 4.99 Å². The van der Waals surface area contributed by atoms with Gasteiger partial charge in [-0.1, -0.05) is 30.3 Å². The van der Waals surface area contributed by atoms with Crippen LogP contribution in [-0.4, -0.2) is 37.0 Å². The summed E-state index contributed by atoms with van der Waals surface area (Å²) in [6.45, 7) is 4.80. The van der Waals surface area contributed by atoms with Gasteiger partial charge in [0.25, 0.3) is 0 Å². The first kappa shape index (κ1) is 21.9. The minimum absolute atomic E-state index is 0. The lowest BCUT2D eigenvalue weighted by atomic mass is 10.2. The van der Waals surface area contributed by atoms with Crippen LogP contribution < -0.4 is 10.6 Å². The summed E-state index contributed by atoms with van der Waals surface area (Å²) in [4.78, 5) is 4.69. The van der Waals surface area contributed by atoms with Gasteiger partial charge in [0.2, 0.25) is 0 Å². The van der Waals surface area contributed by atoms with Crippen LogP contribution in [0, 0.1) is 6.92 Å². The number of aryl methyl sites for hydroxylation is 2. The zero-order chi connectivity index (χ0) is 18.9. The van der Waals surface area contributed by atoms with Gasteiger partial charge in [-0.3, -0.25) is 4.68 Å². The Kier molecular flexibility index (Phi) is 8.92. The maximum Gasteiger partial charge on any atom is 0.191 e. The van der Waals surface area contributed by atoms with E-state index in [2.05, 4.69) is 38.1 Å². The van der Waals surface area contributed by atoms with Gasteiger partial charge in [-0.05, 0) is 25.0 Å². The van der Waals surface area contributed by atoms with Gasteiger partial charge < -0.3 is 15.2 Å². The number of nitrogens with zero attached hydrogens (tertiary/aromatic N) is 6. The average molecular weight is 494 g/mol. The molecule has 0 aliphatic carbocycles. The Labute approximate surface area is 182 Å². The van der Waals surface area contributed by atoms with Crippen LogP contribution in [0.3, 0.4) is 0 Å². The molecule has 2 aromatic heterocycles. The van der Waals surface area contributed by atoms with E-state index < -0.39 is 0 Å². The van der Waals surface area contributed by atoms with Crippen molar-refractivity contribution in [3.05, 3.63) is 66.0 Å². The zero-order valence-electron chi connectivity index (χ0n) is 16.2. The molecule has 0 amide bonds. The monoisotopic (exact) mass is 494 g/mol. The zero-order valence-corrected chi connectivity index (χ0v) is 18.6. The standard InChI is InChI=1S/C19H26N8.HI/c1-16-24-25-18(26(16)2)15-22-19(21-14-17-8-4-3-5-9-17)20-10-6-12-27-13-7-11-23-27;/h3-5,7-9,11,13H,6,10,12,14-15H2,1-2H3,(H2,20,21,22);1H. The fourth-order valence-electron chi connectivity index (χ4n) is 2.58. The highest BCUT2D eigenvalue weighted by Crippen LogP contribution is 2.01. The van der Waals surface area contributed by atoms with E-state index >= 15 is 0 Å². The van der Waals surface area contributed by atoms with E-state index in [1.807, 2.05) is 53.7 Å². The van der Waals surface area contributed by atoms with E-state index in [0.717, 1.165) is 37.1 Å². The third kappa shape index (κ3) is 6.63. The number of rotatable bonds is 8. The van der Waals surface area contributed by atoms with Crippen molar-refractivity contribution in [3.63, 3.8) is 0 Å². The molecule has 0 unspecified atom stereocenters. The van der Waals surface area contributed by atoms with Crippen LogP contribution in [0.2, 0.25) is 0 Å². The molecule has 9 heteroatoms. The van der Waals surface area contributed by atoms with Crippen LogP contribution in [0.4, 0.5) is 0 Å². The van der Waals surface area contributed by atoms with Crippen molar-refractivity contribution >= 4 is 29.9 Å². The van der Waals surface area contributed by atoms with E-state index in [1.54, 1.807) is 6.20 Å². The average Bonchev–Trinajstić information content (AvgIpc) is 3.32. The summed E-state index contributed by atoms with van der Waals surface area (Å²) < 4.78 is 3.90. The summed E-state index contributed by atoms with van der Waals surface area (Å²) in [6, 6.07) is 12.1. The maximum absolute atomic E-state index is 4.69. The van der Waals surface area contributed by atoms with Gasteiger partial charge in [0.1, 0.15) is 5.82 Å². The van der Waals surface area contributed by atoms with Gasteiger partial charge in [-0.25, -0.2) is 4.99 Å². The lowest BCUT2D eigenvalue weighted by Gasteiger charge is -2.13. The normalized spacial score (nSPS) is 11.1. The van der Waals surface area contributed by atoms with Crippen molar-refractivity contribution in [3.8, 4) is 0 Å². The quantitative estimate of drug-likeness (QED) is 0.217. The lowest BCUT2D eigenvalue weighted by Crippen LogP contribution is -2.38. The number of halogens is 1. The molecule has 0 saturated carbocycles. The molecule has 8 nitrogen and oxygen atoms in total. The molecule has 0 radical (unpaired) electrons. The van der Waals surface area contributed by atoms with Crippen LogP contribution in [-0.2, 0) is 26.7 Å². The van der Waals surface area contributed by atoms with Gasteiger partial charge in [0, 0.05) is 32.5 Å². The fourth-order valence-corrected chi connectivity index (χ4v) is 2.58. The molecule has 28 heavy (non-hydrogen) atoms. The van der Waals surface area contributed by atoms with Crippen molar-refractivity contribution in [2.45, 2.75) is 33.0 Å². The van der Waals surface area contributed by atoms with E-state index in [9.17, 15) is 0 Å². The Bertz CT molecular complexity index is 842. The highest BCUT2D eigenvalue weighted by Gasteiger charge is 2.06. The second kappa shape index (κ2) is 11.4. The van der Waals surface area contributed by atoms with E-state index in [1.165, 1.54) is 5.56 Å². The Morgan fingerprint density at radius 2 is 1.93 bits per heavy atom. The predicted octanol–water partition coefficient (Wildman–Crippen LogP) is 2.26. The van der Waals surface area contributed by atoms with Crippen molar-refractivity contribution in [2.24, 2.45) is 12.0 Å². The molecule has 0 aliphatic heterocycles. The molecule has 0 spiro atoms. The molecule has 2 heterocycles. The van der Waals surface area contributed by atoms with Crippen molar-refractivity contribution < 1.29 is 0 Å². The Morgan fingerprint density at radius 3 is 2.61 bits per heavy atom. The molecule has 2 N–H and O–H groups in total. The SMILES string of the molecule is Cc1nnc(CNC(=NCc2ccccc2)NCCCn2cccn2)n1C.I. The highest BCUT2D eigenvalue weighted by atomic mass is 127. The number of guanidine groups is 1. The van der Waals surface area contributed by atoms with Gasteiger partial charge >= 0.3 is 0 Å². The first-order valence-electron chi connectivity index (χ1n) is 9.11. The number of hydrogen-bond donors (Lipinski definition) is 2. The van der Waals surface area contributed by atoms with Crippen LogP contribution in [0.15, 0.2) is 53.8 Å². The lowest BCUT2D eigenvalue weighted by molar-refractivity contribution is 0.569. The summed E-state index contributed by atoms with van der Waals surface area (Å²) in [7, 11) is 1.96. The summed E-state index contributed by atoms with van der Waals surface area (Å²) >= 11 is 0. The third-order valence-corrected chi connectivity index (χ3v) is 4.27. The maximum atomic E-state index is 4.69. The third-order valence-electron chi connectivity index (χ3n) is 4.27. The second-order valence-electron chi connectivity index (χ2n) is 6.28. The molecule has 0 saturated heterocycles. The van der Waals surface area contributed by atoms with Gasteiger partial charge in [-0.15, -0.1) is 34.2 Å². The summed E-state index contributed by atoms with van der Waals surface area (Å²) in [5.41, 5.74) is 1.17. The molecule has 0 aliphatic rings. The first-order valence-corrected chi connectivity index (χ1v) is 9.11. The molecule has 0 bridgehead atoms. The first-order chi connectivity index (χ1) is 13.2. The molecular formula is C19H27IN8. The van der Waals surface area contributed by atoms with Crippen molar-refractivity contribution in [2.75, 3.05) is 6.54 Å². The summed E-state index contributed by atoms with van der Waals surface area (Å²) in [5, 5.41) is 19.2. The van der Waals surface area contributed by atoms with Crippen molar-refractivity contribution in [1.29, 1.82) is 0 Å². The minimum Gasteiger partial charge on any atom is -0.356 e. The number of aromatic nitrogens is 5. The molecule has 3 rings (SSSR count). The van der Waals surface area contributed by atoms with Gasteiger partial charge in [0.05, 0.1) is 13.1 Å². The predicted molar refractivity (Wildman–Crippen MR) is 120 cm³/mol. The molecule has 0 fully saturated rings. The summed E-state index contributed by atoms with van der Waals surface area (Å²) in [6.07, 6.45) is 4.72. The molecular weight excluding hydrogens is 467 g/mol. The fraction of sp³-hybridized carbons (Fsp3) is 0.368. The van der Waals surface area contributed by atoms with Crippen LogP contribution >= 0.6 is 24.0 Å². The number of benzene rings is 1. The smallest absolute Gasteiger partial charge is 0.191 e. The van der Waals surface area contributed by atoms with E-state index in [0.29, 0.717) is 13.1 Å². The topological polar surface area (TPSA) is 84.9 Å². The number of hydrogen-bond acceptors (Lipinski definition) is 4. The molecule has 1 aromatic carbocycles. The molecule has 150 valence electrons. The van der Waals surface area contributed by atoms with Crippen LogP contribution in [0.1, 0.15) is 23.6 Å². The highest BCUT2D eigenvalue weighted by molar-refractivity contribution is 14.0. The van der Waals surface area contributed by atoms with Gasteiger partial charge in [-0.2, -0.15) is 5.10 Å². The molecule has 3 aromatic rings. The van der Waals surface area contributed by atoms with E-state index in [-0.39, 0.29) is 24.0 Å². The van der Waals surface area contributed by atoms with Gasteiger partial charge in [0.15, 0.2) is 11.8 Å². The Hall–Kier alpha value is -2.43. The van der Waals surface area contributed by atoms with Crippen molar-refractivity contribution in [1.82, 2.24) is 35.2 Å². The number of aliphatic imine (C=N–C) groups is 1. The van der Waals surface area contributed by atoms with Crippen LogP contribution in [0.25, 0.3) is 0 Å². The summed E-state index contributed by atoms with van der Waals surface area (Å²) in [5.74, 6) is 2.53. The second-order valence-corrected chi connectivity index (χ2v) is 6.28. The Balaban J connectivity index is 0.00000280. The minimum atomic E-state index is 0. The number of nitrogens with one attached hydrogen (secondary N) is 2. The Morgan fingerprint density at radius 1 is 1.11 bits per heavy atom.